The van der Waals surface area contributed by atoms with Crippen molar-refractivity contribution < 1.29 is 4.74 Å². The third-order valence-corrected chi connectivity index (χ3v) is 3.59. The molecule has 3 nitrogen and oxygen atoms in total. The molecule has 20 heavy (non-hydrogen) atoms. The lowest BCUT2D eigenvalue weighted by Crippen LogP contribution is -2.36. The molecule has 1 aliphatic heterocycles. The van der Waals surface area contributed by atoms with Crippen molar-refractivity contribution in [2.75, 3.05) is 36.5 Å². The molecule has 0 saturated heterocycles. The molecule has 2 aromatic rings. The number of fused-ring (bicyclic) bond motifs is 1. The molecule has 0 amide bonds. The molecule has 1 heterocycles. The molecule has 0 fully saturated rings. The fourth-order valence-electron chi connectivity index (χ4n) is 2.49. The van der Waals surface area contributed by atoms with E-state index in [1.54, 1.807) is 0 Å². The summed E-state index contributed by atoms with van der Waals surface area (Å²) in [5.74, 6) is 0.944. The standard InChI is InChI=1S/C17H20N2O/c1-14-6-8-15(9-7-14)20-13-12-19-11-10-18-16-4-2-3-5-17(16)19/h2-9,18H,10-13H2,1H3. The van der Waals surface area contributed by atoms with Gasteiger partial charge >= 0.3 is 0 Å². The van der Waals surface area contributed by atoms with E-state index in [4.69, 9.17) is 4.74 Å². The van der Waals surface area contributed by atoms with E-state index in [0.29, 0.717) is 6.61 Å². The van der Waals surface area contributed by atoms with Crippen LogP contribution in [0.5, 0.6) is 5.75 Å². The minimum Gasteiger partial charge on any atom is -0.492 e. The van der Waals surface area contributed by atoms with Gasteiger partial charge in [-0.05, 0) is 31.2 Å². The molecule has 0 saturated carbocycles. The topological polar surface area (TPSA) is 24.5 Å². The van der Waals surface area contributed by atoms with Crippen molar-refractivity contribution in [3.05, 3.63) is 54.1 Å². The predicted octanol–water partition coefficient (Wildman–Crippen LogP) is 3.31. The first-order chi connectivity index (χ1) is 9.83. The molecule has 3 rings (SSSR count). The maximum absolute atomic E-state index is 5.82. The highest BCUT2D eigenvalue weighted by Gasteiger charge is 2.15. The number of anilines is 2. The zero-order valence-corrected chi connectivity index (χ0v) is 11.8. The summed E-state index contributed by atoms with van der Waals surface area (Å²) in [7, 11) is 0. The molecule has 1 N–H and O–H groups in total. The molecule has 0 spiro atoms. The zero-order chi connectivity index (χ0) is 13.8. The van der Waals surface area contributed by atoms with E-state index in [1.165, 1.54) is 16.9 Å². The van der Waals surface area contributed by atoms with Gasteiger partial charge in [0.1, 0.15) is 12.4 Å². The van der Waals surface area contributed by atoms with Gasteiger partial charge in [-0.25, -0.2) is 0 Å². The largest absolute Gasteiger partial charge is 0.492 e. The summed E-state index contributed by atoms with van der Waals surface area (Å²) in [6, 6.07) is 16.7. The summed E-state index contributed by atoms with van der Waals surface area (Å²) < 4.78 is 5.82. The molecule has 0 unspecified atom stereocenters. The monoisotopic (exact) mass is 268 g/mol. The van der Waals surface area contributed by atoms with Gasteiger partial charge in [0.05, 0.1) is 17.9 Å². The maximum Gasteiger partial charge on any atom is 0.119 e. The molecule has 104 valence electrons. The minimum absolute atomic E-state index is 0.706. The van der Waals surface area contributed by atoms with Crippen LogP contribution >= 0.6 is 0 Å². The van der Waals surface area contributed by atoms with E-state index >= 15 is 0 Å². The maximum atomic E-state index is 5.82. The normalized spacial score (nSPS) is 13.6. The predicted molar refractivity (Wildman–Crippen MR) is 83.8 cm³/mol. The van der Waals surface area contributed by atoms with Crippen molar-refractivity contribution >= 4 is 11.4 Å². The van der Waals surface area contributed by atoms with Gasteiger partial charge in [-0.2, -0.15) is 0 Å². The Morgan fingerprint density at radius 2 is 1.90 bits per heavy atom. The lowest BCUT2D eigenvalue weighted by atomic mass is 10.2. The summed E-state index contributed by atoms with van der Waals surface area (Å²) in [5.41, 5.74) is 3.74. The van der Waals surface area contributed by atoms with Crippen molar-refractivity contribution in [3.8, 4) is 5.75 Å². The van der Waals surface area contributed by atoms with Crippen molar-refractivity contribution in [1.29, 1.82) is 0 Å². The number of para-hydroxylation sites is 2. The number of hydrogen-bond donors (Lipinski definition) is 1. The molecule has 0 aromatic heterocycles. The highest BCUT2D eigenvalue weighted by molar-refractivity contribution is 5.71. The van der Waals surface area contributed by atoms with Gasteiger partial charge in [0.2, 0.25) is 0 Å². The van der Waals surface area contributed by atoms with Gasteiger partial charge in [-0.15, -0.1) is 0 Å². The van der Waals surface area contributed by atoms with Gasteiger partial charge in [0, 0.05) is 13.1 Å². The van der Waals surface area contributed by atoms with Gasteiger partial charge in [0.25, 0.3) is 0 Å². The van der Waals surface area contributed by atoms with Crippen molar-refractivity contribution in [2.24, 2.45) is 0 Å². The van der Waals surface area contributed by atoms with E-state index in [2.05, 4.69) is 53.5 Å². The molecule has 0 radical (unpaired) electrons. The molecule has 0 aliphatic carbocycles. The van der Waals surface area contributed by atoms with Crippen LogP contribution in [0.3, 0.4) is 0 Å². The summed E-state index contributed by atoms with van der Waals surface area (Å²) in [6.45, 7) is 5.71. The number of hydrogen-bond acceptors (Lipinski definition) is 3. The van der Waals surface area contributed by atoms with Gasteiger partial charge < -0.3 is 15.0 Å². The minimum atomic E-state index is 0.706. The summed E-state index contributed by atoms with van der Waals surface area (Å²) in [6.07, 6.45) is 0. The van der Waals surface area contributed by atoms with Crippen LogP contribution in [0.4, 0.5) is 11.4 Å². The number of nitrogens with zero attached hydrogens (tertiary/aromatic N) is 1. The molecule has 3 heteroatoms. The lowest BCUT2D eigenvalue weighted by molar-refractivity contribution is 0.323. The van der Waals surface area contributed by atoms with Gasteiger partial charge in [0.15, 0.2) is 0 Å². The van der Waals surface area contributed by atoms with E-state index in [-0.39, 0.29) is 0 Å². The quantitative estimate of drug-likeness (QED) is 0.920. The van der Waals surface area contributed by atoms with Crippen LogP contribution in [0.25, 0.3) is 0 Å². The van der Waals surface area contributed by atoms with Gasteiger partial charge in [-0.3, -0.25) is 0 Å². The molecular weight excluding hydrogens is 248 g/mol. The van der Waals surface area contributed by atoms with Crippen LogP contribution in [-0.4, -0.2) is 26.2 Å². The summed E-state index contributed by atoms with van der Waals surface area (Å²) >= 11 is 0. The summed E-state index contributed by atoms with van der Waals surface area (Å²) in [4.78, 5) is 2.38. The number of benzene rings is 2. The molecule has 1 aliphatic rings. The van der Waals surface area contributed by atoms with Crippen molar-refractivity contribution in [1.82, 2.24) is 0 Å². The smallest absolute Gasteiger partial charge is 0.119 e. The van der Waals surface area contributed by atoms with E-state index < -0.39 is 0 Å². The van der Waals surface area contributed by atoms with Crippen LogP contribution in [0, 0.1) is 6.92 Å². The Hall–Kier alpha value is -2.16. The van der Waals surface area contributed by atoms with Crippen molar-refractivity contribution in [3.63, 3.8) is 0 Å². The van der Waals surface area contributed by atoms with Crippen LogP contribution in [-0.2, 0) is 0 Å². The third-order valence-electron chi connectivity index (χ3n) is 3.59. The Morgan fingerprint density at radius 3 is 2.75 bits per heavy atom. The lowest BCUT2D eigenvalue weighted by Gasteiger charge is -2.31. The van der Waals surface area contributed by atoms with Crippen molar-refractivity contribution in [2.45, 2.75) is 6.92 Å². The zero-order valence-electron chi connectivity index (χ0n) is 11.8. The van der Waals surface area contributed by atoms with Gasteiger partial charge in [-0.1, -0.05) is 29.8 Å². The van der Waals surface area contributed by atoms with Crippen LogP contribution in [0.15, 0.2) is 48.5 Å². The average Bonchev–Trinajstić information content (AvgIpc) is 2.49. The number of aryl methyl sites for hydroxylation is 1. The van der Waals surface area contributed by atoms with Crippen LogP contribution in [0.2, 0.25) is 0 Å². The number of nitrogens with one attached hydrogen (secondary N) is 1. The first-order valence-electron chi connectivity index (χ1n) is 7.10. The summed E-state index contributed by atoms with van der Waals surface area (Å²) in [5, 5.41) is 3.42. The Labute approximate surface area is 120 Å². The van der Waals surface area contributed by atoms with Crippen LogP contribution in [0.1, 0.15) is 5.56 Å². The SMILES string of the molecule is Cc1ccc(OCCN2CCNc3ccccc32)cc1. The molecule has 2 aromatic carbocycles. The Morgan fingerprint density at radius 1 is 1.10 bits per heavy atom. The Bertz CT molecular complexity index is 565. The second-order valence-corrected chi connectivity index (χ2v) is 5.09. The first kappa shape index (κ1) is 12.9. The fourth-order valence-corrected chi connectivity index (χ4v) is 2.49. The Balaban J connectivity index is 1.58. The van der Waals surface area contributed by atoms with Crippen LogP contribution < -0.4 is 15.0 Å². The second-order valence-electron chi connectivity index (χ2n) is 5.09. The fraction of sp³-hybridized carbons (Fsp3) is 0.294. The van der Waals surface area contributed by atoms with E-state index in [9.17, 15) is 0 Å². The average molecular weight is 268 g/mol. The van der Waals surface area contributed by atoms with E-state index in [1.807, 2.05) is 12.1 Å². The number of rotatable bonds is 4. The third kappa shape index (κ3) is 2.87. The number of ether oxygens (including phenoxy) is 1. The second kappa shape index (κ2) is 5.87. The molecular formula is C17H20N2O. The molecule has 0 atom stereocenters. The highest BCUT2D eigenvalue weighted by Crippen LogP contribution is 2.27. The highest BCUT2D eigenvalue weighted by atomic mass is 16.5. The molecule has 0 bridgehead atoms. The van der Waals surface area contributed by atoms with E-state index in [0.717, 1.165) is 25.4 Å². The Kier molecular flexibility index (Phi) is 3.77. The first-order valence-corrected chi connectivity index (χ1v) is 7.10.